The molecule has 2 aliphatic heterocycles. The highest BCUT2D eigenvalue weighted by atomic mass is 79.9. The molecule has 2 N–H and O–H groups in total. The summed E-state index contributed by atoms with van der Waals surface area (Å²) < 4.78 is 18.0. The predicted octanol–water partition coefficient (Wildman–Crippen LogP) is 4.03. The predicted molar refractivity (Wildman–Crippen MR) is 109 cm³/mol. The number of hydrogen-bond donors (Lipinski definition) is 1. The highest BCUT2D eigenvalue weighted by Crippen LogP contribution is 2.51. The third-order valence-corrected chi connectivity index (χ3v) is 5.09. The first-order chi connectivity index (χ1) is 13.2. The fraction of sp³-hybridized carbons (Fsp3) is 0.333. The Balaban J connectivity index is 1.77. The Hall–Kier alpha value is -2.54. The molecule has 0 radical (unpaired) electrons. The summed E-state index contributed by atoms with van der Waals surface area (Å²) in [7, 11) is 0. The molecule has 28 heavy (non-hydrogen) atoms. The van der Waals surface area contributed by atoms with Gasteiger partial charge in [-0.1, -0.05) is 22.0 Å². The van der Waals surface area contributed by atoms with E-state index in [0.717, 1.165) is 21.2 Å². The first-order valence-corrected chi connectivity index (χ1v) is 9.77. The van der Waals surface area contributed by atoms with Crippen molar-refractivity contribution in [3.05, 3.63) is 57.6 Å². The number of ether oxygens (including phenoxy) is 3. The van der Waals surface area contributed by atoms with E-state index in [2.05, 4.69) is 20.9 Å². The zero-order chi connectivity index (χ0) is 20.1. The molecule has 146 valence electrons. The minimum Gasteiger partial charge on any atom is -0.462 e. The van der Waals surface area contributed by atoms with E-state index in [4.69, 9.17) is 19.9 Å². The smallest absolute Gasteiger partial charge is 0.310 e. The molecule has 0 bridgehead atoms. The van der Waals surface area contributed by atoms with Gasteiger partial charge in [0, 0.05) is 15.6 Å². The molecular formula is C21H21BrN2O4. The number of benzene rings is 2. The van der Waals surface area contributed by atoms with Crippen LogP contribution in [0.15, 0.2) is 45.9 Å². The molecule has 0 unspecified atom stereocenters. The number of aliphatic imine (C=N–C) groups is 1. The van der Waals surface area contributed by atoms with Crippen molar-refractivity contribution in [3.63, 3.8) is 0 Å². The number of halogens is 1. The van der Waals surface area contributed by atoms with Gasteiger partial charge in [0.15, 0.2) is 5.54 Å². The van der Waals surface area contributed by atoms with Gasteiger partial charge in [-0.2, -0.15) is 0 Å². The molecule has 2 aromatic rings. The van der Waals surface area contributed by atoms with E-state index in [9.17, 15) is 4.79 Å². The third-order valence-electron chi connectivity index (χ3n) is 4.60. The van der Waals surface area contributed by atoms with Gasteiger partial charge in [-0.15, -0.1) is 0 Å². The number of carbonyl (C=O) groups is 1. The van der Waals surface area contributed by atoms with Gasteiger partial charge >= 0.3 is 5.97 Å². The molecule has 1 spiro atoms. The molecule has 0 saturated carbocycles. The lowest BCUT2D eigenvalue weighted by Crippen LogP contribution is -2.31. The van der Waals surface area contributed by atoms with E-state index in [0.29, 0.717) is 11.5 Å². The second-order valence-electron chi connectivity index (χ2n) is 7.94. The lowest BCUT2D eigenvalue weighted by atomic mass is 9.80. The van der Waals surface area contributed by atoms with Crippen molar-refractivity contribution in [2.45, 2.75) is 38.3 Å². The molecule has 2 aromatic carbocycles. The molecule has 6 nitrogen and oxygen atoms in total. The molecule has 0 fully saturated rings. The zero-order valence-electron chi connectivity index (χ0n) is 15.9. The summed E-state index contributed by atoms with van der Waals surface area (Å²) in [4.78, 5) is 16.9. The molecule has 1 atom stereocenters. The van der Waals surface area contributed by atoms with Crippen molar-refractivity contribution in [1.29, 1.82) is 0 Å². The van der Waals surface area contributed by atoms with Crippen molar-refractivity contribution >= 4 is 27.9 Å². The number of nitrogens with two attached hydrogens (primary N) is 1. The number of hydrogen-bond acceptors (Lipinski definition) is 6. The number of fused-ring (bicyclic) bond motifs is 4. The number of carbonyl (C=O) groups excluding carboxylic acids is 1. The van der Waals surface area contributed by atoms with Gasteiger partial charge in [-0.25, -0.2) is 4.99 Å². The number of esters is 1. The van der Waals surface area contributed by atoms with E-state index in [1.54, 1.807) is 0 Å². The molecule has 4 rings (SSSR count). The maximum Gasteiger partial charge on any atom is 0.310 e. The third kappa shape index (κ3) is 3.35. The van der Waals surface area contributed by atoms with Crippen LogP contribution in [0.5, 0.6) is 11.5 Å². The largest absolute Gasteiger partial charge is 0.462 e. The van der Waals surface area contributed by atoms with Crippen LogP contribution >= 0.6 is 15.9 Å². The van der Waals surface area contributed by atoms with E-state index in [1.807, 2.05) is 57.2 Å². The quantitative estimate of drug-likeness (QED) is 0.706. The first-order valence-electron chi connectivity index (χ1n) is 8.98. The van der Waals surface area contributed by atoms with Crippen molar-refractivity contribution in [1.82, 2.24) is 0 Å². The lowest BCUT2D eigenvalue weighted by molar-refractivity contribution is -0.153. The molecule has 7 heteroatoms. The van der Waals surface area contributed by atoms with Crippen LogP contribution in [0.3, 0.4) is 0 Å². The number of nitrogens with zero attached hydrogens (tertiary/aromatic N) is 1. The lowest BCUT2D eigenvalue weighted by Gasteiger charge is -2.33. The fourth-order valence-corrected chi connectivity index (χ4v) is 3.89. The minimum absolute atomic E-state index is 0.135. The van der Waals surface area contributed by atoms with Crippen molar-refractivity contribution < 1.29 is 19.0 Å². The van der Waals surface area contributed by atoms with Crippen LogP contribution in [0.4, 0.5) is 0 Å². The summed E-state index contributed by atoms with van der Waals surface area (Å²) in [5, 5.41) is 0. The number of amidine groups is 1. The monoisotopic (exact) mass is 444 g/mol. The normalized spacial score (nSPS) is 19.9. The summed E-state index contributed by atoms with van der Waals surface area (Å²) in [5.41, 5.74) is 7.05. The summed E-state index contributed by atoms with van der Waals surface area (Å²) >= 11 is 3.51. The van der Waals surface area contributed by atoms with Gasteiger partial charge in [0.25, 0.3) is 6.02 Å². The SMILES string of the molecule is CC(C)(C)OC(=O)Cc1ccc2c(c1)[C@@]1(COC(N)=N1)c1cc(Br)ccc1O2. The summed E-state index contributed by atoms with van der Waals surface area (Å²) in [5.74, 6) is 1.09. The highest BCUT2D eigenvalue weighted by Gasteiger charge is 2.47. The van der Waals surface area contributed by atoms with Crippen LogP contribution < -0.4 is 10.5 Å². The summed E-state index contributed by atoms with van der Waals surface area (Å²) in [6.45, 7) is 5.82. The van der Waals surface area contributed by atoms with Crippen LogP contribution in [0.1, 0.15) is 37.5 Å². The Morgan fingerprint density at radius 1 is 1.21 bits per heavy atom. The van der Waals surface area contributed by atoms with Crippen LogP contribution in [0.25, 0.3) is 0 Å². The Labute approximate surface area is 171 Å². The zero-order valence-corrected chi connectivity index (χ0v) is 17.5. The van der Waals surface area contributed by atoms with E-state index < -0.39 is 11.1 Å². The van der Waals surface area contributed by atoms with Crippen LogP contribution in [0.2, 0.25) is 0 Å². The minimum atomic E-state index is -0.805. The first kappa shape index (κ1) is 18.8. The maximum atomic E-state index is 12.3. The molecule has 0 saturated heterocycles. The van der Waals surface area contributed by atoms with Crippen molar-refractivity contribution in [2.75, 3.05) is 6.61 Å². The Bertz CT molecular complexity index is 996. The topological polar surface area (TPSA) is 83.1 Å². The molecule has 2 aliphatic rings. The Morgan fingerprint density at radius 3 is 2.54 bits per heavy atom. The van der Waals surface area contributed by atoms with Crippen molar-refractivity contribution in [3.8, 4) is 11.5 Å². The van der Waals surface area contributed by atoms with Crippen molar-refractivity contribution in [2.24, 2.45) is 10.7 Å². The van der Waals surface area contributed by atoms with E-state index in [-0.39, 0.29) is 25.0 Å². The van der Waals surface area contributed by atoms with Gasteiger partial charge in [-0.3, -0.25) is 4.79 Å². The highest BCUT2D eigenvalue weighted by molar-refractivity contribution is 9.10. The van der Waals surface area contributed by atoms with Gasteiger partial charge in [0.1, 0.15) is 23.7 Å². The Morgan fingerprint density at radius 2 is 1.89 bits per heavy atom. The molecule has 0 aliphatic carbocycles. The summed E-state index contributed by atoms with van der Waals surface area (Å²) in [6.07, 6.45) is 0.159. The average Bonchev–Trinajstić information content (AvgIpc) is 2.97. The van der Waals surface area contributed by atoms with Gasteiger partial charge < -0.3 is 19.9 Å². The van der Waals surface area contributed by atoms with Gasteiger partial charge in [0.2, 0.25) is 0 Å². The van der Waals surface area contributed by atoms with Crippen LogP contribution in [0, 0.1) is 0 Å². The van der Waals surface area contributed by atoms with Crippen LogP contribution in [-0.2, 0) is 26.2 Å². The van der Waals surface area contributed by atoms with Crippen LogP contribution in [-0.4, -0.2) is 24.2 Å². The fourth-order valence-electron chi connectivity index (χ4n) is 3.53. The molecular weight excluding hydrogens is 424 g/mol. The van der Waals surface area contributed by atoms with Gasteiger partial charge in [-0.05, 0) is 56.7 Å². The molecule has 0 aromatic heterocycles. The number of rotatable bonds is 2. The van der Waals surface area contributed by atoms with E-state index >= 15 is 0 Å². The summed E-state index contributed by atoms with van der Waals surface area (Å²) in [6, 6.07) is 11.5. The Kier molecular flexibility index (Phi) is 4.38. The second kappa shape index (κ2) is 6.51. The van der Waals surface area contributed by atoms with Gasteiger partial charge in [0.05, 0.1) is 6.42 Å². The standard InChI is InChI=1S/C21H21BrN2O4/c1-20(2,3)28-18(25)9-12-4-6-16-14(8-12)21(11-26-19(23)24-21)15-10-13(22)5-7-17(15)27-16/h4-8,10H,9,11H2,1-3H3,(H2,23,24)/t21-/m0/s1. The van der Waals surface area contributed by atoms with E-state index in [1.165, 1.54) is 0 Å². The molecule has 2 heterocycles. The second-order valence-corrected chi connectivity index (χ2v) is 8.85. The maximum absolute atomic E-state index is 12.3. The molecule has 0 amide bonds. The average molecular weight is 445 g/mol.